The van der Waals surface area contributed by atoms with E-state index >= 15 is 0 Å². The molecule has 5 aliphatic heterocycles. The van der Waals surface area contributed by atoms with Crippen molar-refractivity contribution in [3.63, 3.8) is 0 Å². The highest BCUT2D eigenvalue weighted by atomic mass is 16.6. The number of anilines is 1. The molecule has 0 aromatic heterocycles. The summed E-state index contributed by atoms with van der Waals surface area (Å²) in [6.07, 6.45) is 3.67. The molecule has 4 saturated heterocycles. The zero-order valence-electron chi connectivity index (χ0n) is 13.8. The van der Waals surface area contributed by atoms with E-state index in [4.69, 9.17) is 4.74 Å². The highest BCUT2D eigenvalue weighted by molar-refractivity contribution is 5.63. The Hall–Kier alpha value is -1.79. The Morgan fingerprint density at radius 2 is 2.08 bits per heavy atom. The van der Waals surface area contributed by atoms with Crippen molar-refractivity contribution in [1.82, 2.24) is 4.90 Å². The second-order valence-electron chi connectivity index (χ2n) is 7.50. The largest absolute Gasteiger partial charge is 0.530 e. The van der Waals surface area contributed by atoms with Crippen molar-refractivity contribution in [1.29, 1.82) is 0 Å². The fraction of sp³-hybridized carbons (Fsp3) is 0.611. The number of fused-ring (bicyclic) bond motifs is 3. The van der Waals surface area contributed by atoms with E-state index in [0.717, 1.165) is 43.4 Å². The highest BCUT2D eigenvalue weighted by Gasteiger charge is 2.61. The van der Waals surface area contributed by atoms with Crippen LogP contribution in [0.3, 0.4) is 0 Å². The number of carbonyl (C=O) groups excluding carboxylic acids is 1. The number of hydrogen-bond donors (Lipinski definition) is 0. The van der Waals surface area contributed by atoms with Crippen molar-refractivity contribution in [2.24, 2.45) is 0 Å². The molecule has 2 bridgehead atoms. The van der Waals surface area contributed by atoms with E-state index in [9.17, 15) is 9.90 Å². The van der Waals surface area contributed by atoms with Crippen LogP contribution in [0.15, 0.2) is 24.3 Å². The van der Waals surface area contributed by atoms with E-state index in [1.54, 1.807) is 0 Å². The zero-order chi connectivity index (χ0) is 16.3. The average Bonchev–Trinajstić information content (AvgIpc) is 3.22. The number of hydrogen-bond acceptors (Lipinski definition) is 4. The quantitative estimate of drug-likeness (QED) is 0.750. The van der Waals surface area contributed by atoms with Crippen LogP contribution in [0.4, 0.5) is 10.5 Å². The van der Waals surface area contributed by atoms with Gasteiger partial charge in [0.2, 0.25) is 6.23 Å². The molecule has 6 heteroatoms. The number of benzene rings is 1. The Morgan fingerprint density at radius 1 is 1.25 bits per heavy atom. The van der Waals surface area contributed by atoms with Crippen LogP contribution in [0.2, 0.25) is 0 Å². The number of likely N-dealkylation sites (tertiary alicyclic amines) is 1. The summed E-state index contributed by atoms with van der Waals surface area (Å²) in [5, 5.41) is 13.8. The van der Waals surface area contributed by atoms with Gasteiger partial charge in [-0.25, -0.2) is 5.01 Å². The van der Waals surface area contributed by atoms with E-state index in [-0.39, 0.29) is 12.3 Å². The van der Waals surface area contributed by atoms with Crippen molar-refractivity contribution >= 4 is 11.8 Å². The van der Waals surface area contributed by atoms with Gasteiger partial charge in [-0.2, -0.15) is 4.59 Å². The summed E-state index contributed by atoms with van der Waals surface area (Å²) >= 11 is 0. The van der Waals surface area contributed by atoms with Gasteiger partial charge >= 0.3 is 0 Å². The first kappa shape index (κ1) is 14.5. The monoisotopic (exact) mass is 329 g/mol. The van der Waals surface area contributed by atoms with Crippen LogP contribution >= 0.6 is 0 Å². The number of quaternary nitrogens is 1. The molecule has 1 aromatic carbocycles. The standard InChI is InChI=1S/C18H23N3O3/c22-18(23)19-8-6-14(12-19)21(10-7-15-11-17(21)24-15)20-9-5-13-3-1-2-4-16(13)20/h1-4,14-15,17H,5-12H2/t14-,15?,17?,21?/m0/s1. The van der Waals surface area contributed by atoms with Crippen LogP contribution in [-0.4, -0.2) is 60.1 Å². The van der Waals surface area contributed by atoms with Gasteiger partial charge in [0.1, 0.15) is 18.7 Å². The minimum absolute atomic E-state index is 0.182. The fourth-order valence-corrected chi connectivity index (χ4v) is 5.28. The van der Waals surface area contributed by atoms with Gasteiger partial charge in [0.05, 0.1) is 31.3 Å². The molecule has 1 amide bonds. The normalized spacial score (nSPS) is 37.2. The lowest BCUT2D eigenvalue weighted by atomic mass is 9.95. The molecule has 3 unspecified atom stereocenters. The van der Waals surface area contributed by atoms with Crippen LogP contribution < -0.4 is 10.1 Å². The maximum absolute atomic E-state index is 11.3. The molecule has 4 atom stereocenters. The van der Waals surface area contributed by atoms with Gasteiger partial charge in [-0.1, -0.05) is 18.2 Å². The van der Waals surface area contributed by atoms with E-state index < -0.39 is 6.09 Å². The minimum atomic E-state index is -1.04. The molecule has 1 aromatic rings. The molecule has 0 N–H and O–H groups in total. The summed E-state index contributed by atoms with van der Waals surface area (Å²) < 4.78 is 6.96. The van der Waals surface area contributed by atoms with Gasteiger partial charge in [-0.3, -0.25) is 0 Å². The van der Waals surface area contributed by atoms with Crippen LogP contribution in [0.1, 0.15) is 24.8 Å². The molecule has 6 rings (SSSR count). The third-order valence-corrected chi connectivity index (χ3v) is 6.49. The summed E-state index contributed by atoms with van der Waals surface area (Å²) in [5.41, 5.74) is 2.70. The molecular weight excluding hydrogens is 306 g/mol. The molecule has 0 radical (unpaired) electrons. The number of amides is 1. The Kier molecular flexibility index (Phi) is 3.09. The number of ether oxygens (including phenoxy) is 1. The first-order valence-corrected chi connectivity index (χ1v) is 9.03. The van der Waals surface area contributed by atoms with Crippen molar-refractivity contribution in [2.75, 3.05) is 31.2 Å². The predicted octanol–water partition coefficient (Wildman–Crippen LogP) is 0.717. The van der Waals surface area contributed by atoms with E-state index in [0.29, 0.717) is 19.2 Å². The first-order chi connectivity index (χ1) is 11.7. The van der Waals surface area contributed by atoms with Gasteiger partial charge < -0.3 is 19.5 Å². The van der Waals surface area contributed by atoms with E-state index in [2.05, 4.69) is 29.3 Å². The van der Waals surface area contributed by atoms with Crippen LogP contribution in [0, 0.1) is 0 Å². The van der Waals surface area contributed by atoms with Gasteiger partial charge in [-0.05, 0) is 18.1 Å². The highest BCUT2D eigenvalue weighted by Crippen LogP contribution is 2.47. The second-order valence-corrected chi connectivity index (χ2v) is 7.50. The Balaban J connectivity index is 1.53. The molecule has 5 heterocycles. The maximum atomic E-state index is 11.3. The summed E-state index contributed by atoms with van der Waals surface area (Å²) in [4.78, 5) is 12.8. The number of carboxylic acid groups (broad SMARTS) is 1. The number of nitrogens with zero attached hydrogens (tertiary/aromatic N) is 3. The third-order valence-electron chi connectivity index (χ3n) is 6.49. The molecule has 24 heavy (non-hydrogen) atoms. The Bertz CT molecular complexity index is 672. The SMILES string of the molecule is O=C([O-])N1CC[C@H]([N+]2(N3CCc4ccccc43)CCC3CC2O3)C1. The smallest absolute Gasteiger partial charge is 0.218 e. The topological polar surface area (TPSA) is 55.8 Å². The molecule has 6 nitrogen and oxygen atoms in total. The number of piperidine rings is 1. The molecule has 0 saturated carbocycles. The molecule has 128 valence electrons. The van der Waals surface area contributed by atoms with Gasteiger partial charge in [0.15, 0.2) is 0 Å². The summed E-state index contributed by atoms with van der Waals surface area (Å²) in [5.74, 6) is 0. The summed E-state index contributed by atoms with van der Waals surface area (Å²) in [7, 11) is 0. The molecule has 5 aliphatic rings. The van der Waals surface area contributed by atoms with Crippen molar-refractivity contribution < 1.29 is 19.2 Å². The predicted molar refractivity (Wildman–Crippen MR) is 85.9 cm³/mol. The van der Waals surface area contributed by atoms with Crippen molar-refractivity contribution in [2.45, 2.75) is 44.1 Å². The van der Waals surface area contributed by atoms with E-state index in [1.165, 1.54) is 16.2 Å². The van der Waals surface area contributed by atoms with Crippen LogP contribution in [0.25, 0.3) is 0 Å². The second kappa shape index (κ2) is 5.10. The molecule has 0 spiro atoms. The van der Waals surface area contributed by atoms with Gasteiger partial charge in [0.25, 0.3) is 0 Å². The number of carbonyl (C=O) groups is 1. The number of rotatable bonds is 2. The van der Waals surface area contributed by atoms with Crippen molar-refractivity contribution in [3.8, 4) is 0 Å². The maximum Gasteiger partial charge on any atom is 0.218 e. The molecular formula is C18H23N3O3. The van der Waals surface area contributed by atoms with E-state index in [1.807, 2.05) is 0 Å². The van der Waals surface area contributed by atoms with Crippen LogP contribution in [0.5, 0.6) is 0 Å². The number of para-hydroxylation sites is 1. The molecule has 0 aliphatic carbocycles. The summed E-state index contributed by atoms with van der Waals surface area (Å²) in [6.45, 7) is 3.19. The van der Waals surface area contributed by atoms with Crippen molar-refractivity contribution in [3.05, 3.63) is 29.8 Å². The van der Waals surface area contributed by atoms with Crippen LogP contribution in [-0.2, 0) is 11.2 Å². The summed E-state index contributed by atoms with van der Waals surface area (Å²) in [6, 6.07) is 8.89. The minimum Gasteiger partial charge on any atom is -0.530 e. The zero-order valence-corrected chi connectivity index (χ0v) is 13.8. The van der Waals surface area contributed by atoms with Gasteiger partial charge in [-0.15, -0.1) is 0 Å². The third kappa shape index (κ3) is 1.87. The Morgan fingerprint density at radius 3 is 2.79 bits per heavy atom. The average molecular weight is 329 g/mol. The fourth-order valence-electron chi connectivity index (χ4n) is 5.28. The molecule has 4 fully saturated rings. The lowest BCUT2D eigenvalue weighted by Crippen LogP contribution is -2.78. The Labute approximate surface area is 141 Å². The lowest BCUT2D eigenvalue weighted by Gasteiger charge is -2.60. The lowest BCUT2D eigenvalue weighted by molar-refractivity contribution is -1.02. The van der Waals surface area contributed by atoms with Gasteiger partial charge in [0, 0.05) is 19.4 Å². The first-order valence-electron chi connectivity index (χ1n) is 9.03.